The van der Waals surface area contributed by atoms with E-state index in [9.17, 15) is 0 Å². The molecule has 0 atom stereocenters. The van der Waals surface area contributed by atoms with Crippen molar-refractivity contribution in [2.75, 3.05) is 0 Å². The maximum Gasteiger partial charge on any atom is 0.159 e. The molecule has 0 aliphatic heterocycles. The molecule has 4 aromatic rings. The van der Waals surface area contributed by atoms with Gasteiger partial charge in [-0.15, -0.1) is 0 Å². The van der Waals surface area contributed by atoms with Gasteiger partial charge >= 0.3 is 0 Å². The number of aromatic nitrogens is 2. The monoisotopic (exact) mass is 296 g/mol. The molecule has 0 N–H and O–H groups in total. The molecule has 2 aromatic carbocycles. The van der Waals surface area contributed by atoms with Crippen molar-refractivity contribution in [3.63, 3.8) is 0 Å². The summed E-state index contributed by atoms with van der Waals surface area (Å²) in [4.78, 5) is 8.90. The molecule has 2 aromatic heterocycles. The second-order valence-corrected chi connectivity index (χ2v) is 5.63. The Morgan fingerprint density at radius 3 is 2.17 bits per heavy atom. The molecule has 0 radical (unpaired) electrons. The quantitative estimate of drug-likeness (QED) is 0.503. The van der Waals surface area contributed by atoms with E-state index >= 15 is 0 Å². The molecule has 0 bridgehead atoms. The van der Waals surface area contributed by atoms with Gasteiger partial charge in [0.25, 0.3) is 0 Å². The highest BCUT2D eigenvalue weighted by atomic mass is 14.8. The van der Waals surface area contributed by atoms with Gasteiger partial charge in [-0.3, -0.25) is 0 Å². The van der Waals surface area contributed by atoms with Gasteiger partial charge in [-0.2, -0.15) is 0 Å². The number of nitrogens with zero attached hydrogens (tertiary/aromatic N) is 2. The average Bonchev–Trinajstić information content (AvgIpc) is 2.62. The predicted molar refractivity (Wildman–Crippen MR) is 95.1 cm³/mol. The molecule has 0 aliphatic carbocycles. The summed E-state index contributed by atoms with van der Waals surface area (Å²) < 4.78 is 0. The largest absolute Gasteiger partial charge is 0.237 e. The molecule has 4 rings (SSSR count). The van der Waals surface area contributed by atoms with Crippen LogP contribution in [0.2, 0.25) is 0 Å². The zero-order valence-electron chi connectivity index (χ0n) is 12.9. The zero-order chi connectivity index (χ0) is 15.6. The zero-order valence-corrected chi connectivity index (χ0v) is 12.9. The van der Waals surface area contributed by atoms with Gasteiger partial charge in [0.05, 0.1) is 0 Å². The van der Waals surface area contributed by atoms with E-state index in [1.54, 1.807) is 6.20 Å². The molecule has 110 valence electrons. The van der Waals surface area contributed by atoms with Crippen LogP contribution in [0, 0.1) is 6.92 Å². The highest BCUT2D eigenvalue weighted by Crippen LogP contribution is 2.29. The first-order valence-corrected chi connectivity index (χ1v) is 7.69. The van der Waals surface area contributed by atoms with Crippen LogP contribution in [0.25, 0.3) is 33.3 Å². The Balaban J connectivity index is 1.83. The first kappa shape index (κ1) is 13.6. The number of hydrogen-bond acceptors (Lipinski definition) is 2. The Kier molecular flexibility index (Phi) is 3.35. The fraction of sp³-hybridized carbons (Fsp3) is 0.0476. The van der Waals surface area contributed by atoms with Crippen LogP contribution >= 0.6 is 0 Å². The summed E-state index contributed by atoms with van der Waals surface area (Å²) >= 11 is 0. The fourth-order valence-electron chi connectivity index (χ4n) is 2.89. The van der Waals surface area contributed by atoms with Crippen molar-refractivity contribution in [2.24, 2.45) is 0 Å². The van der Waals surface area contributed by atoms with Gasteiger partial charge in [0.1, 0.15) is 0 Å². The first-order chi connectivity index (χ1) is 11.3. The predicted octanol–water partition coefficient (Wildman–Crippen LogP) is 5.27. The maximum atomic E-state index is 4.52. The van der Waals surface area contributed by atoms with Crippen molar-refractivity contribution < 1.29 is 0 Å². The molecule has 0 aliphatic rings. The van der Waals surface area contributed by atoms with E-state index in [1.807, 2.05) is 19.1 Å². The number of fused-ring (bicyclic) bond motifs is 1. The normalized spacial score (nSPS) is 10.8. The van der Waals surface area contributed by atoms with Crippen LogP contribution in [0.1, 0.15) is 5.69 Å². The number of pyridine rings is 2. The molecule has 0 saturated heterocycles. The Hall–Kier alpha value is -3.00. The SMILES string of the molecule is Cc1cc(-c2ccc(-c3ccccc3)cc2)c2cccnc2n1. The van der Waals surface area contributed by atoms with Crippen molar-refractivity contribution in [3.05, 3.63) is 84.7 Å². The highest BCUT2D eigenvalue weighted by molar-refractivity contribution is 5.93. The standard InChI is InChI=1S/C21H16N2/c1-15-14-20(19-8-5-13-22-21(19)23-15)18-11-9-17(10-12-18)16-6-3-2-4-7-16/h2-14H,1H3. The van der Waals surface area contributed by atoms with Gasteiger partial charge in [-0.1, -0.05) is 54.6 Å². The van der Waals surface area contributed by atoms with Gasteiger partial charge in [-0.05, 0) is 47.4 Å². The number of aryl methyl sites for hydroxylation is 1. The van der Waals surface area contributed by atoms with E-state index in [4.69, 9.17) is 0 Å². The summed E-state index contributed by atoms with van der Waals surface area (Å²) in [6, 6.07) is 25.3. The summed E-state index contributed by atoms with van der Waals surface area (Å²) in [7, 11) is 0. The minimum Gasteiger partial charge on any atom is -0.237 e. The van der Waals surface area contributed by atoms with Crippen LogP contribution in [0.5, 0.6) is 0 Å². The van der Waals surface area contributed by atoms with Gasteiger partial charge in [0.2, 0.25) is 0 Å². The average molecular weight is 296 g/mol. The van der Waals surface area contributed by atoms with Crippen molar-refractivity contribution >= 4 is 11.0 Å². The minimum atomic E-state index is 0.801. The minimum absolute atomic E-state index is 0.801. The van der Waals surface area contributed by atoms with Crippen molar-refractivity contribution in [1.82, 2.24) is 9.97 Å². The number of benzene rings is 2. The van der Waals surface area contributed by atoms with Crippen molar-refractivity contribution in [2.45, 2.75) is 6.92 Å². The molecule has 2 heterocycles. The van der Waals surface area contributed by atoms with Crippen LogP contribution in [0.4, 0.5) is 0 Å². The molecular weight excluding hydrogens is 280 g/mol. The summed E-state index contributed by atoms with van der Waals surface area (Å²) in [5, 5.41) is 1.09. The van der Waals surface area contributed by atoms with Gasteiger partial charge in [0, 0.05) is 17.3 Å². The van der Waals surface area contributed by atoms with E-state index in [2.05, 4.69) is 70.6 Å². The second-order valence-electron chi connectivity index (χ2n) is 5.63. The lowest BCUT2D eigenvalue weighted by Gasteiger charge is -2.09. The lowest BCUT2D eigenvalue weighted by molar-refractivity contribution is 1.20. The Morgan fingerprint density at radius 1 is 0.696 bits per heavy atom. The van der Waals surface area contributed by atoms with E-state index in [0.717, 1.165) is 16.7 Å². The molecule has 2 heteroatoms. The van der Waals surface area contributed by atoms with E-state index in [-0.39, 0.29) is 0 Å². The lowest BCUT2D eigenvalue weighted by Crippen LogP contribution is -1.90. The lowest BCUT2D eigenvalue weighted by atomic mass is 9.98. The third-order valence-corrected chi connectivity index (χ3v) is 4.02. The van der Waals surface area contributed by atoms with E-state index in [0.29, 0.717) is 0 Å². The molecule has 0 spiro atoms. The molecule has 2 nitrogen and oxygen atoms in total. The molecule has 0 saturated carbocycles. The first-order valence-electron chi connectivity index (χ1n) is 7.69. The summed E-state index contributed by atoms with van der Waals surface area (Å²) in [6.45, 7) is 2.01. The van der Waals surface area contributed by atoms with E-state index < -0.39 is 0 Å². The second kappa shape index (κ2) is 5.65. The van der Waals surface area contributed by atoms with Crippen LogP contribution in [0.3, 0.4) is 0 Å². The fourth-order valence-corrected chi connectivity index (χ4v) is 2.89. The van der Waals surface area contributed by atoms with E-state index in [1.165, 1.54) is 22.3 Å². The molecule has 23 heavy (non-hydrogen) atoms. The third-order valence-electron chi connectivity index (χ3n) is 4.02. The molecule has 0 unspecified atom stereocenters. The van der Waals surface area contributed by atoms with Crippen molar-refractivity contribution in [3.8, 4) is 22.3 Å². The Morgan fingerprint density at radius 2 is 1.39 bits per heavy atom. The van der Waals surface area contributed by atoms with Crippen LogP contribution < -0.4 is 0 Å². The summed E-state index contributed by atoms with van der Waals surface area (Å²) in [5.41, 5.74) is 6.61. The van der Waals surface area contributed by atoms with Crippen molar-refractivity contribution in [1.29, 1.82) is 0 Å². The summed E-state index contributed by atoms with van der Waals surface area (Å²) in [5.74, 6) is 0. The maximum absolute atomic E-state index is 4.52. The Bertz CT molecular complexity index is 958. The third kappa shape index (κ3) is 2.59. The summed E-state index contributed by atoms with van der Waals surface area (Å²) in [6.07, 6.45) is 1.79. The number of hydrogen-bond donors (Lipinski definition) is 0. The van der Waals surface area contributed by atoms with Crippen LogP contribution in [-0.4, -0.2) is 9.97 Å². The van der Waals surface area contributed by atoms with Gasteiger partial charge < -0.3 is 0 Å². The van der Waals surface area contributed by atoms with Gasteiger partial charge in [0.15, 0.2) is 5.65 Å². The molecular formula is C21H16N2. The Labute approximate surface area is 135 Å². The van der Waals surface area contributed by atoms with Gasteiger partial charge in [-0.25, -0.2) is 9.97 Å². The van der Waals surface area contributed by atoms with Crippen LogP contribution in [-0.2, 0) is 0 Å². The van der Waals surface area contributed by atoms with Crippen LogP contribution in [0.15, 0.2) is 79.0 Å². The molecule has 0 amide bonds. The number of rotatable bonds is 2. The highest BCUT2D eigenvalue weighted by Gasteiger charge is 2.07. The molecule has 0 fully saturated rings. The smallest absolute Gasteiger partial charge is 0.159 e. The topological polar surface area (TPSA) is 25.8 Å².